The number of hydrogen-bond donors (Lipinski definition) is 0. The molecule has 1 aliphatic carbocycles. The molecule has 2 aliphatic heterocycles. The zero-order chi connectivity index (χ0) is 27.8. The first-order valence-electron chi connectivity index (χ1n) is 14.9. The zero-order valence-electron chi connectivity index (χ0n) is 25.1. The molecule has 2 aromatic rings. The van der Waals surface area contributed by atoms with Gasteiger partial charge in [-0.3, -0.25) is 0 Å². The summed E-state index contributed by atoms with van der Waals surface area (Å²) in [6, 6.07) is 17.7. The van der Waals surface area contributed by atoms with Crippen molar-refractivity contribution in [2.75, 3.05) is 18.0 Å². The smallest absolute Gasteiger partial charge is 0.209 e. The van der Waals surface area contributed by atoms with E-state index in [9.17, 15) is 0 Å². The van der Waals surface area contributed by atoms with Gasteiger partial charge in [-0.2, -0.15) is 4.58 Å². The van der Waals surface area contributed by atoms with Crippen LogP contribution in [0, 0.1) is 0 Å². The third kappa shape index (κ3) is 5.30. The first kappa shape index (κ1) is 30.9. The van der Waals surface area contributed by atoms with Gasteiger partial charge in [-0.05, 0) is 63.2 Å². The van der Waals surface area contributed by atoms with Crippen molar-refractivity contribution in [1.82, 2.24) is 0 Å². The van der Waals surface area contributed by atoms with Crippen molar-refractivity contribution >= 4 is 28.7 Å². The molecule has 0 fully saturated rings. The van der Waals surface area contributed by atoms with E-state index >= 15 is 0 Å². The van der Waals surface area contributed by atoms with Gasteiger partial charge in [0, 0.05) is 47.5 Å². The Morgan fingerprint density at radius 2 is 1.65 bits per heavy atom. The van der Waals surface area contributed by atoms with Crippen LogP contribution in [0.15, 0.2) is 88.3 Å². The first-order valence-corrected chi connectivity index (χ1v) is 15.3. The van der Waals surface area contributed by atoms with Crippen LogP contribution in [0.1, 0.15) is 91.2 Å². The molecular weight excluding hydrogens is 623 g/mol. The molecule has 2 aromatic carbocycles. The average Bonchev–Trinajstić information content (AvgIpc) is 3.29. The summed E-state index contributed by atoms with van der Waals surface area (Å²) in [6.07, 6.45) is 11.4. The van der Waals surface area contributed by atoms with Crippen molar-refractivity contribution in [2.24, 2.45) is 0 Å². The Hall–Kier alpha value is -2.07. The second-order valence-corrected chi connectivity index (χ2v) is 12.7. The average molecular weight is 667 g/mol. The molecule has 0 bridgehead atoms. The van der Waals surface area contributed by atoms with Crippen molar-refractivity contribution in [2.45, 2.75) is 90.9 Å². The van der Waals surface area contributed by atoms with Crippen molar-refractivity contribution < 1.29 is 28.6 Å². The highest BCUT2D eigenvalue weighted by molar-refractivity contribution is 6.32. The van der Waals surface area contributed by atoms with Crippen LogP contribution in [0.2, 0.25) is 0 Å². The van der Waals surface area contributed by atoms with Gasteiger partial charge in [0.05, 0.1) is 16.0 Å². The van der Waals surface area contributed by atoms with E-state index in [-0.39, 0.29) is 34.8 Å². The normalized spacial score (nSPS) is 19.8. The molecule has 5 rings (SSSR count). The Morgan fingerprint density at radius 3 is 2.33 bits per heavy atom. The Bertz CT molecular complexity index is 1430. The SMILES string of the molecule is CCCN1C(=C(Cl)C=C=C(C2=CCCCC2)C2=[N+](CCC)c3ccccc3C2(C)C)C(C)(C)c2ccccc21.[I-]. The number of hydrogen-bond acceptors (Lipinski definition) is 1. The summed E-state index contributed by atoms with van der Waals surface area (Å²) >= 11 is 7.30. The largest absolute Gasteiger partial charge is 1.00 e. The Balaban J connectivity index is 0.00000370. The van der Waals surface area contributed by atoms with Gasteiger partial charge in [0.25, 0.3) is 0 Å². The van der Waals surface area contributed by atoms with E-state index in [4.69, 9.17) is 11.6 Å². The quantitative estimate of drug-likeness (QED) is 0.181. The third-order valence-corrected chi connectivity index (χ3v) is 9.06. The van der Waals surface area contributed by atoms with Gasteiger partial charge in [0.2, 0.25) is 11.4 Å². The minimum Gasteiger partial charge on any atom is -1.00 e. The summed E-state index contributed by atoms with van der Waals surface area (Å²) in [5.41, 5.74) is 14.1. The predicted octanol–water partition coefficient (Wildman–Crippen LogP) is 6.72. The molecular formula is C36H44ClIN2. The second kappa shape index (κ2) is 12.4. The molecule has 0 aromatic heterocycles. The lowest BCUT2D eigenvalue weighted by Gasteiger charge is -2.27. The fraction of sp³-hybridized carbons (Fsp3) is 0.444. The maximum absolute atomic E-state index is 7.30. The minimum absolute atomic E-state index is 0. The molecule has 0 radical (unpaired) electrons. The lowest BCUT2D eigenvalue weighted by atomic mass is 9.76. The number of fused-ring (bicyclic) bond motifs is 2. The topological polar surface area (TPSA) is 6.25 Å². The summed E-state index contributed by atoms with van der Waals surface area (Å²) in [5, 5.41) is 0.787. The molecule has 4 heteroatoms. The highest BCUT2D eigenvalue weighted by atomic mass is 127. The first-order chi connectivity index (χ1) is 18.7. The van der Waals surface area contributed by atoms with E-state index < -0.39 is 0 Å². The van der Waals surface area contributed by atoms with Crippen LogP contribution < -0.4 is 28.9 Å². The molecule has 0 unspecified atom stereocenters. The Labute approximate surface area is 264 Å². The van der Waals surface area contributed by atoms with Crippen molar-refractivity contribution in [3.8, 4) is 0 Å². The Kier molecular flexibility index (Phi) is 9.60. The molecule has 2 nitrogen and oxygen atoms in total. The number of allylic oxidation sites excluding steroid dienone is 5. The van der Waals surface area contributed by atoms with Gasteiger partial charge in [0.15, 0.2) is 0 Å². The van der Waals surface area contributed by atoms with E-state index in [0.717, 1.165) is 43.8 Å². The Morgan fingerprint density at radius 1 is 0.950 bits per heavy atom. The molecule has 0 amide bonds. The number of rotatable bonds is 7. The number of benzene rings is 2. The van der Waals surface area contributed by atoms with Gasteiger partial charge in [-0.1, -0.05) is 81.8 Å². The van der Waals surface area contributed by atoms with Gasteiger partial charge in [-0.25, -0.2) is 0 Å². The summed E-state index contributed by atoms with van der Waals surface area (Å²) in [6.45, 7) is 15.8. The summed E-state index contributed by atoms with van der Waals surface area (Å²) in [7, 11) is 0. The van der Waals surface area contributed by atoms with Crippen LogP contribution in [0.3, 0.4) is 0 Å². The lowest BCUT2D eigenvalue weighted by Crippen LogP contribution is -3.00. The minimum atomic E-state index is -0.171. The van der Waals surface area contributed by atoms with E-state index in [0.29, 0.717) is 0 Å². The maximum atomic E-state index is 7.30. The highest BCUT2D eigenvalue weighted by Gasteiger charge is 2.47. The molecule has 212 valence electrons. The number of halogens is 2. The van der Waals surface area contributed by atoms with E-state index in [1.807, 2.05) is 0 Å². The molecule has 0 saturated carbocycles. The molecule has 0 spiro atoms. The predicted molar refractivity (Wildman–Crippen MR) is 168 cm³/mol. The summed E-state index contributed by atoms with van der Waals surface area (Å²) in [4.78, 5) is 2.43. The second-order valence-electron chi connectivity index (χ2n) is 12.3. The van der Waals surface area contributed by atoms with Crippen LogP contribution in [0.4, 0.5) is 11.4 Å². The van der Waals surface area contributed by atoms with E-state index in [2.05, 4.69) is 117 Å². The van der Waals surface area contributed by atoms with Crippen molar-refractivity contribution in [3.63, 3.8) is 0 Å². The number of para-hydroxylation sites is 2. The standard InChI is InChI=1S/C36H44ClN2.HI/c1-7-24-38-31-20-14-12-18-28(31)35(3,4)33(38)27(26-16-10-9-11-17-26)22-23-30(37)34-36(5,6)29-19-13-15-21-32(29)39(34)25-8-2;/h12-16,18-21,23H,7-11,17,24-25H2,1-6H3;1H/q+1;/p-1. The maximum Gasteiger partial charge on any atom is 0.209 e. The molecule has 2 heterocycles. The molecule has 0 N–H and O–H groups in total. The van der Waals surface area contributed by atoms with Crippen LogP contribution in [-0.2, 0) is 10.8 Å². The number of nitrogens with zero attached hydrogens (tertiary/aromatic N) is 2. The lowest BCUT2D eigenvalue weighted by molar-refractivity contribution is -0.438. The van der Waals surface area contributed by atoms with Crippen molar-refractivity contribution in [3.05, 3.63) is 99.4 Å². The fourth-order valence-electron chi connectivity index (χ4n) is 7.01. The molecule has 40 heavy (non-hydrogen) atoms. The van der Waals surface area contributed by atoms with Crippen LogP contribution >= 0.6 is 11.6 Å². The van der Waals surface area contributed by atoms with E-state index in [1.165, 1.54) is 57.9 Å². The van der Waals surface area contributed by atoms with Gasteiger partial charge in [0.1, 0.15) is 6.54 Å². The van der Waals surface area contributed by atoms with Crippen LogP contribution in [0.5, 0.6) is 0 Å². The number of anilines is 1. The van der Waals surface area contributed by atoms with Crippen molar-refractivity contribution in [1.29, 1.82) is 0 Å². The molecule has 3 aliphatic rings. The van der Waals surface area contributed by atoms with E-state index in [1.54, 1.807) is 0 Å². The summed E-state index contributed by atoms with van der Waals surface area (Å²) < 4.78 is 2.56. The highest BCUT2D eigenvalue weighted by Crippen LogP contribution is 2.50. The van der Waals surface area contributed by atoms with Crippen LogP contribution in [-0.4, -0.2) is 23.4 Å². The molecule has 0 saturated heterocycles. The summed E-state index contributed by atoms with van der Waals surface area (Å²) in [5.74, 6) is 0. The van der Waals surface area contributed by atoms with Gasteiger partial charge in [-0.15, -0.1) is 5.73 Å². The van der Waals surface area contributed by atoms with Gasteiger partial charge < -0.3 is 28.9 Å². The zero-order valence-corrected chi connectivity index (χ0v) is 28.0. The van der Waals surface area contributed by atoms with Crippen LogP contribution in [0.25, 0.3) is 0 Å². The molecule has 0 atom stereocenters. The third-order valence-electron chi connectivity index (χ3n) is 8.77. The monoisotopic (exact) mass is 666 g/mol. The van der Waals surface area contributed by atoms with Gasteiger partial charge >= 0.3 is 0 Å². The fourth-order valence-corrected chi connectivity index (χ4v) is 7.41.